The van der Waals surface area contributed by atoms with Gasteiger partial charge in [0.15, 0.2) is 0 Å². The molecule has 0 bridgehead atoms. The minimum Gasteiger partial charge on any atom is -0.391 e. The largest absolute Gasteiger partial charge is 0.415 e. The van der Waals surface area contributed by atoms with E-state index < -0.39 is 9.28 Å². The average Bonchev–Trinajstić information content (AvgIpc) is 1.90. The number of hydrogen-bond acceptors (Lipinski definition) is 2. The lowest BCUT2D eigenvalue weighted by atomic mass is 10.8. The average molecular weight is 159 g/mol. The summed E-state index contributed by atoms with van der Waals surface area (Å²) in [5.74, 6) is 0. The lowest BCUT2D eigenvalue weighted by Crippen LogP contribution is -2.20. The summed E-state index contributed by atoms with van der Waals surface area (Å²) in [6.07, 6.45) is 1.97. The van der Waals surface area contributed by atoms with Gasteiger partial charge in [0.25, 0.3) is 0 Å². The van der Waals surface area contributed by atoms with E-state index in [4.69, 9.17) is 8.85 Å². The molecular formula is C7H15O2Si. The smallest absolute Gasteiger partial charge is 0.391 e. The molecule has 0 aliphatic heterocycles. The van der Waals surface area contributed by atoms with Crippen LogP contribution in [-0.4, -0.2) is 22.5 Å². The van der Waals surface area contributed by atoms with E-state index in [2.05, 4.69) is 0 Å². The molecule has 0 aromatic carbocycles. The van der Waals surface area contributed by atoms with Gasteiger partial charge in [-0.15, -0.1) is 0 Å². The second kappa shape index (κ2) is 6.99. The van der Waals surface area contributed by atoms with Gasteiger partial charge in [0.05, 0.1) is 0 Å². The maximum absolute atomic E-state index is 5.32. The minimum atomic E-state index is -1.08. The van der Waals surface area contributed by atoms with Crippen LogP contribution in [0.5, 0.6) is 0 Å². The molecule has 0 saturated carbocycles. The van der Waals surface area contributed by atoms with Gasteiger partial charge >= 0.3 is 9.28 Å². The van der Waals surface area contributed by atoms with Crippen molar-refractivity contribution in [1.82, 2.24) is 0 Å². The summed E-state index contributed by atoms with van der Waals surface area (Å²) in [4.78, 5) is 0. The maximum atomic E-state index is 5.32. The van der Waals surface area contributed by atoms with Crippen LogP contribution in [0.3, 0.4) is 0 Å². The first kappa shape index (κ1) is 9.88. The zero-order valence-electron chi connectivity index (χ0n) is 6.89. The van der Waals surface area contributed by atoms with E-state index in [1.807, 2.05) is 32.5 Å². The Balaban J connectivity index is 3.50. The third kappa shape index (κ3) is 4.73. The molecule has 10 heavy (non-hydrogen) atoms. The fourth-order valence-corrected chi connectivity index (χ4v) is 1.68. The fraction of sp³-hybridized carbons (Fsp3) is 0.714. The highest BCUT2D eigenvalue weighted by molar-refractivity contribution is 6.50. The van der Waals surface area contributed by atoms with Gasteiger partial charge in [0.1, 0.15) is 0 Å². The second-order valence-electron chi connectivity index (χ2n) is 1.69. The highest BCUT2D eigenvalue weighted by Crippen LogP contribution is 1.90. The Kier molecular flexibility index (Phi) is 6.90. The summed E-state index contributed by atoms with van der Waals surface area (Å²) in [5, 5.41) is 0. The van der Waals surface area contributed by atoms with Gasteiger partial charge in [0, 0.05) is 13.2 Å². The van der Waals surface area contributed by atoms with Crippen LogP contribution in [-0.2, 0) is 8.85 Å². The van der Waals surface area contributed by atoms with E-state index in [9.17, 15) is 0 Å². The molecule has 0 aromatic heterocycles. The predicted octanol–water partition coefficient (Wildman–Crippen LogP) is 1.66. The van der Waals surface area contributed by atoms with E-state index in [1.54, 1.807) is 0 Å². The van der Waals surface area contributed by atoms with Crippen molar-refractivity contribution in [1.29, 1.82) is 0 Å². The molecule has 0 aromatic rings. The third-order valence-corrected chi connectivity index (χ3v) is 2.63. The molecule has 0 aliphatic carbocycles. The summed E-state index contributed by atoms with van der Waals surface area (Å²) >= 11 is 0. The maximum Gasteiger partial charge on any atom is 0.415 e. The van der Waals surface area contributed by atoms with Crippen molar-refractivity contribution in [3.63, 3.8) is 0 Å². The van der Waals surface area contributed by atoms with E-state index in [1.165, 1.54) is 0 Å². The molecule has 3 heteroatoms. The Hall–Kier alpha value is -0.123. The summed E-state index contributed by atoms with van der Waals surface area (Å²) in [5.41, 5.74) is 2.00. The molecule has 2 nitrogen and oxygen atoms in total. The van der Waals surface area contributed by atoms with Gasteiger partial charge in [-0.1, -0.05) is 6.08 Å². The summed E-state index contributed by atoms with van der Waals surface area (Å²) in [6, 6.07) is 0. The summed E-state index contributed by atoms with van der Waals surface area (Å²) in [6.45, 7) is 7.40. The van der Waals surface area contributed by atoms with Gasteiger partial charge in [-0.05, 0) is 26.5 Å². The van der Waals surface area contributed by atoms with Crippen LogP contribution in [0.15, 0.2) is 11.8 Å². The van der Waals surface area contributed by atoms with Gasteiger partial charge in [-0.3, -0.25) is 0 Å². The molecule has 0 rings (SSSR count). The van der Waals surface area contributed by atoms with Crippen LogP contribution in [0.2, 0.25) is 0 Å². The molecule has 0 spiro atoms. The van der Waals surface area contributed by atoms with Crippen molar-refractivity contribution in [3.8, 4) is 0 Å². The van der Waals surface area contributed by atoms with Crippen LogP contribution >= 0.6 is 0 Å². The molecule has 0 heterocycles. The Morgan fingerprint density at radius 1 is 1.20 bits per heavy atom. The minimum absolute atomic E-state index is 0.735. The number of rotatable bonds is 5. The zero-order chi connectivity index (χ0) is 7.82. The van der Waals surface area contributed by atoms with Gasteiger partial charge in [-0.2, -0.15) is 0 Å². The quantitative estimate of drug-likeness (QED) is 0.568. The van der Waals surface area contributed by atoms with Crippen molar-refractivity contribution >= 4 is 9.28 Å². The normalized spacial score (nSPS) is 11.6. The topological polar surface area (TPSA) is 18.5 Å². The van der Waals surface area contributed by atoms with Crippen LogP contribution < -0.4 is 0 Å². The van der Waals surface area contributed by atoms with Gasteiger partial charge in [0.2, 0.25) is 0 Å². The Bertz CT molecular complexity index is 87.6. The first-order valence-corrected chi connectivity index (χ1v) is 4.99. The van der Waals surface area contributed by atoms with Gasteiger partial charge in [-0.25, -0.2) is 0 Å². The first-order valence-electron chi connectivity index (χ1n) is 3.60. The van der Waals surface area contributed by atoms with Crippen molar-refractivity contribution in [2.45, 2.75) is 20.8 Å². The molecular weight excluding hydrogens is 144 g/mol. The Morgan fingerprint density at radius 2 is 1.70 bits per heavy atom. The molecule has 0 saturated heterocycles. The van der Waals surface area contributed by atoms with Crippen LogP contribution in [0.4, 0.5) is 0 Å². The fourth-order valence-electron chi connectivity index (χ4n) is 0.558. The molecule has 0 unspecified atom stereocenters. The van der Waals surface area contributed by atoms with Crippen LogP contribution in [0.25, 0.3) is 0 Å². The third-order valence-electron chi connectivity index (χ3n) is 0.876. The molecule has 0 fully saturated rings. The van der Waals surface area contributed by atoms with Crippen molar-refractivity contribution in [2.24, 2.45) is 0 Å². The zero-order valence-corrected chi connectivity index (χ0v) is 7.89. The van der Waals surface area contributed by atoms with Crippen molar-refractivity contribution in [3.05, 3.63) is 11.8 Å². The predicted molar refractivity (Wildman–Crippen MR) is 43.8 cm³/mol. The monoisotopic (exact) mass is 159 g/mol. The first-order chi connectivity index (χ1) is 4.85. The van der Waals surface area contributed by atoms with E-state index >= 15 is 0 Å². The standard InChI is InChI=1S/C7H15O2Si/c1-4-7-10(8-5-2)9-6-3/h4,7H,5-6H2,1-3H3/b7-4+. The molecule has 59 valence electrons. The Labute approximate surface area is 64.7 Å². The van der Waals surface area contributed by atoms with E-state index in [-0.39, 0.29) is 0 Å². The van der Waals surface area contributed by atoms with Crippen LogP contribution in [0, 0.1) is 0 Å². The van der Waals surface area contributed by atoms with E-state index in [0.717, 1.165) is 13.2 Å². The Morgan fingerprint density at radius 3 is 2.00 bits per heavy atom. The van der Waals surface area contributed by atoms with Crippen molar-refractivity contribution in [2.75, 3.05) is 13.2 Å². The SMILES string of the molecule is C/C=C/[Si](OCC)OCC. The second-order valence-corrected chi connectivity index (χ2v) is 3.23. The van der Waals surface area contributed by atoms with Crippen LogP contribution in [0.1, 0.15) is 20.8 Å². The molecule has 1 radical (unpaired) electrons. The highest BCUT2D eigenvalue weighted by Gasteiger charge is 2.07. The lowest BCUT2D eigenvalue weighted by Gasteiger charge is -2.07. The molecule has 0 atom stereocenters. The molecule has 0 aliphatic rings. The highest BCUT2D eigenvalue weighted by atomic mass is 28.3. The number of allylic oxidation sites excluding steroid dienone is 1. The van der Waals surface area contributed by atoms with Crippen molar-refractivity contribution < 1.29 is 8.85 Å². The number of hydrogen-bond donors (Lipinski definition) is 0. The van der Waals surface area contributed by atoms with Gasteiger partial charge < -0.3 is 8.85 Å². The summed E-state index contributed by atoms with van der Waals surface area (Å²) in [7, 11) is -1.08. The van der Waals surface area contributed by atoms with E-state index in [0.29, 0.717) is 0 Å². The molecule has 0 amide bonds. The summed E-state index contributed by atoms with van der Waals surface area (Å²) < 4.78 is 10.6. The molecule has 0 N–H and O–H groups in total. The lowest BCUT2D eigenvalue weighted by molar-refractivity contribution is 0.224.